The maximum Gasteiger partial charge on any atom is 0.313 e. The molecule has 3 amide bonds. The fourth-order valence-corrected chi connectivity index (χ4v) is 7.51. The summed E-state index contributed by atoms with van der Waals surface area (Å²) in [5, 5.41) is 13.2. The molecule has 5 bridgehead atoms. The number of benzene rings is 1. The molecule has 2 saturated heterocycles. The van der Waals surface area contributed by atoms with Gasteiger partial charge in [-0.05, 0) is 45.3 Å². The van der Waals surface area contributed by atoms with Crippen LogP contribution >= 0.6 is 15.9 Å². The Kier molecular flexibility index (Phi) is 8.89. The smallest absolute Gasteiger partial charge is 0.313 e. The number of cyclic esters (lactones) is 1. The molecule has 5 rings (SSSR count). The van der Waals surface area contributed by atoms with E-state index in [1.807, 2.05) is 70.2 Å². The van der Waals surface area contributed by atoms with E-state index in [0.29, 0.717) is 22.9 Å². The summed E-state index contributed by atoms with van der Waals surface area (Å²) in [6, 6.07) is 7.37. The number of nitrogens with zero attached hydrogens (tertiary/aromatic N) is 2. The van der Waals surface area contributed by atoms with Gasteiger partial charge in [0.15, 0.2) is 0 Å². The molecular weight excluding hydrogens is 618 g/mol. The number of hydrogen-bond donors (Lipinski definition) is 2. The van der Waals surface area contributed by atoms with E-state index < -0.39 is 59.1 Å². The molecule has 1 spiro atoms. The molecule has 2 N–H and O–H groups in total. The van der Waals surface area contributed by atoms with Crippen molar-refractivity contribution in [3.63, 3.8) is 0 Å². The number of likely N-dealkylation sites (tertiary alicyclic amines) is 1. The van der Waals surface area contributed by atoms with Crippen molar-refractivity contribution in [3.05, 3.63) is 58.6 Å². The van der Waals surface area contributed by atoms with Crippen LogP contribution in [0.3, 0.4) is 0 Å². The van der Waals surface area contributed by atoms with Gasteiger partial charge in [0.1, 0.15) is 29.8 Å². The Morgan fingerprint density at radius 3 is 2.49 bits per heavy atom. The van der Waals surface area contributed by atoms with Crippen LogP contribution in [0.15, 0.2) is 53.0 Å². The number of rotatable bonds is 4. The molecule has 43 heavy (non-hydrogen) atoms. The van der Waals surface area contributed by atoms with E-state index in [2.05, 4.69) is 21.2 Å². The number of esters is 1. The number of nitrogens with one attached hydrogen (secondary N) is 1. The highest BCUT2D eigenvalue weighted by Gasteiger charge is 2.75. The van der Waals surface area contributed by atoms with E-state index in [-0.39, 0.29) is 37.9 Å². The predicted molar refractivity (Wildman–Crippen MR) is 162 cm³/mol. The first-order valence-electron chi connectivity index (χ1n) is 14.9. The number of carbonyl (C=O) groups is 4. The molecule has 0 unspecified atom stereocenters. The lowest BCUT2D eigenvalue weighted by atomic mass is 9.74. The topological polar surface area (TPSA) is 125 Å². The van der Waals surface area contributed by atoms with Crippen LogP contribution in [0.1, 0.15) is 58.6 Å². The maximum absolute atomic E-state index is 14.6. The molecule has 0 aromatic heterocycles. The van der Waals surface area contributed by atoms with Gasteiger partial charge >= 0.3 is 5.97 Å². The van der Waals surface area contributed by atoms with Crippen molar-refractivity contribution >= 4 is 39.6 Å². The highest BCUT2D eigenvalue weighted by atomic mass is 79.9. The van der Waals surface area contributed by atoms with Crippen LogP contribution in [0.25, 0.3) is 0 Å². The molecule has 4 heterocycles. The second-order valence-electron chi connectivity index (χ2n) is 12.6. The van der Waals surface area contributed by atoms with E-state index in [1.165, 1.54) is 4.90 Å². The second-order valence-corrected chi connectivity index (χ2v) is 13.5. The molecule has 1 aromatic rings. The number of amides is 3. The lowest BCUT2D eigenvalue weighted by molar-refractivity contribution is -0.161. The summed E-state index contributed by atoms with van der Waals surface area (Å²) < 4.78 is 13.2. The Bertz CT molecular complexity index is 1320. The Morgan fingerprint density at radius 2 is 1.84 bits per heavy atom. The number of allylic oxidation sites excluding steroid dienone is 1. The van der Waals surface area contributed by atoms with Crippen LogP contribution < -0.4 is 5.32 Å². The summed E-state index contributed by atoms with van der Waals surface area (Å²) in [5.41, 5.74) is -1.37. The molecule has 1 aromatic carbocycles. The molecule has 10 nitrogen and oxygen atoms in total. The molecular formula is C32H40BrN3O7. The van der Waals surface area contributed by atoms with Crippen molar-refractivity contribution in [2.75, 3.05) is 19.7 Å². The zero-order valence-electron chi connectivity index (χ0n) is 25.0. The number of hydrogen-bond acceptors (Lipinski definition) is 7. The molecule has 232 valence electrons. The zero-order chi connectivity index (χ0) is 31.1. The van der Waals surface area contributed by atoms with Gasteiger partial charge in [0.25, 0.3) is 0 Å². The van der Waals surface area contributed by atoms with Gasteiger partial charge in [0, 0.05) is 23.0 Å². The van der Waals surface area contributed by atoms with Crippen LogP contribution in [0.5, 0.6) is 0 Å². The molecule has 0 radical (unpaired) electrons. The first kappa shape index (κ1) is 31.4. The minimum atomic E-state index is -1.43. The van der Waals surface area contributed by atoms with E-state index in [9.17, 15) is 24.3 Å². The summed E-state index contributed by atoms with van der Waals surface area (Å²) >= 11 is 3.57. The standard InChI is InChI=1S/C32H40BrN3O7/c1-5-20(18-37)36-27-29(40)35(31(2,3)4)15-11-7-10-14-23(38)34-17-22(19-12-8-6-9-13-19)42-30(41)24-25(28(36)39)32(27)16-21(33)26(24)43-32/h6-9,11-13,16,20,22,24-27,37H,5,10,14-15,17-18H2,1-4H3,(H,34,38)/b11-7-/t20-,22-,24-,25+,26-,27-,32+/m0/s1. The van der Waals surface area contributed by atoms with Crippen LogP contribution in [0.2, 0.25) is 0 Å². The van der Waals surface area contributed by atoms with Crippen molar-refractivity contribution in [3.8, 4) is 0 Å². The first-order valence-corrected chi connectivity index (χ1v) is 15.7. The Hall–Kier alpha value is -3.02. The van der Waals surface area contributed by atoms with E-state index in [0.717, 1.165) is 0 Å². The third kappa shape index (κ3) is 5.55. The van der Waals surface area contributed by atoms with Crippen molar-refractivity contribution in [1.29, 1.82) is 0 Å². The molecule has 4 aliphatic heterocycles. The Morgan fingerprint density at radius 1 is 1.12 bits per heavy atom. The van der Waals surface area contributed by atoms with Gasteiger partial charge in [-0.25, -0.2) is 0 Å². The van der Waals surface area contributed by atoms with Gasteiger partial charge in [-0.15, -0.1) is 0 Å². The average Bonchev–Trinajstić information content (AvgIpc) is 3.56. The van der Waals surface area contributed by atoms with Crippen LogP contribution in [0.4, 0.5) is 0 Å². The maximum atomic E-state index is 14.6. The number of fused-ring (bicyclic) bond motifs is 2. The zero-order valence-corrected chi connectivity index (χ0v) is 26.6. The van der Waals surface area contributed by atoms with Crippen LogP contribution in [-0.2, 0) is 28.7 Å². The molecule has 11 heteroatoms. The summed E-state index contributed by atoms with van der Waals surface area (Å²) in [6.45, 7) is 7.55. The van der Waals surface area contributed by atoms with Crippen LogP contribution in [0, 0.1) is 11.8 Å². The average molecular weight is 659 g/mol. The third-order valence-corrected chi connectivity index (χ3v) is 9.61. The highest BCUT2D eigenvalue weighted by molar-refractivity contribution is 9.11. The number of halogens is 1. The second kappa shape index (κ2) is 12.2. The van der Waals surface area contributed by atoms with Gasteiger partial charge in [-0.2, -0.15) is 0 Å². The van der Waals surface area contributed by atoms with Crippen molar-refractivity contribution in [2.24, 2.45) is 11.8 Å². The third-order valence-electron chi connectivity index (χ3n) is 8.93. The quantitative estimate of drug-likeness (QED) is 0.377. The van der Waals surface area contributed by atoms with Crippen molar-refractivity contribution in [1.82, 2.24) is 15.1 Å². The molecule has 0 saturated carbocycles. The summed E-state index contributed by atoms with van der Waals surface area (Å²) in [6.07, 6.45) is 4.96. The number of carbonyl (C=O) groups excluding carboxylic acids is 4. The van der Waals surface area contributed by atoms with Gasteiger partial charge in [0.05, 0.1) is 25.1 Å². The predicted octanol–water partition coefficient (Wildman–Crippen LogP) is 3.01. The van der Waals surface area contributed by atoms with Gasteiger partial charge in [-0.1, -0.05) is 65.3 Å². The number of aliphatic hydroxyl groups is 1. The van der Waals surface area contributed by atoms with Gasteiger partial charge in [0.2, 0.25) is 17.7 Å². The number of ether oxygens (including phenoxy) is 2. The molecule has 4 aliphatic rings. The van der Waals surface area contributed by atoms with E-state index >= 15 is 0 Å². The van der Waals surface area contributed by atoms with E-state index in [4.69, 9.17) is 9.47 Å². The normalized spacial score (nSPS) is 33.2. The summed E-state index contributed by atoms with van der Waals surface area (Å²) in [5.74, 6) is -3.67. The number of aliphatic hydroxyl groups excluding tert-OH is 1. The lowest BCUT2D eigenvalue weighted by Crippen LogP contribution is -2.61. The fraction of sp³-hybridized carbons (Fsp3) is 0.562. The van der Waals surface area contributed by atoms with E-state index in [1.54, 1.807) is 11.0 Å². The molecule has 7 atom stereocenters. The van der Waals surface area contributed by atoms with Crippen molar-refractivity contribution < 1.29 is 33.8 Å². The van der Waals surface area contributed by atoms with Crippen molar-refractivity contribution in [2.45, 2.75) is 82.4 Å². The SMILES string of the molecule is CC[C@@H](CO)N1C(=O)[C@H]2[C@@H]3C(=O)O[C@H](c4ccccc4)CNC(=O)CC/C=C\CN(C(C)(C)C)C(=O)[C@H]1[C@@]21C=C(Br)[C@@H]3O1. The molecule has 0 aliphatic carbocycles. The Balaban J connectivity index is 1.63. The minimum Gasteiger partial charge on any atom is -0.455 e. The van der Waals surface area contributed by atoms with Crippen LogP contribution in [-0.4, -0.2) is 87.6 Å². The molecule has 2 fully saturated rings. The van der Waals surface area contributed by atoms with Gasteiger partial charge < -0.3 is 29.7 Å². The largest absolute Gasteiger partial charge is 0.455 e. The highest BCUT2D eigenvalue weighted by Crippen LogP contribution is 2.59. The lowest BCUT2D eigenvalue weighted by Gasteiger charge is -2.42. The Labute approximate surface area is 260 Å². The summed E-state index contributed by atoms with van der Waals surface area (Å²) in [4.78, 5) is 58.9. The monoisotopic (exact) mass is 657 g/mol. The van der Waals surface area contributed by atoms with Gasteiger partial charge in [-0.3, -0.25) is 19.2 Å². The summed E-state index contributed by atoms with van der Waals surface area (Å²) in [7, 11) is 0. The minimum absolute atomic E-state index is 0.0603. The first-order chi connectivity index (χ1) is 20.4. The fourth-order valence-electron chi connectivity index (χ4n) is 6.78.